The summed E-state index contributed by atoms with van der Waals surface area (Å²) in [5.74, 6) is -0.343. The van der Waals surface area contributed by atoms with E-state index in [0.29, 0.717) is 29.0 Å². The van der Waals surface area contributed by atoms with E-state index in [1.165, 1.54) is 10.1 Å². The highest BCUT2D eigenvalue weighted by atomic mass is 16.3. The number of aliphatic hydroxyl groups is 1. The van der Waals surface area contributed by atoms with Gasteiger partial charge in [0.15, 0.2) is 0 Å². The van der Waals surface area contributed by atoms with Gasteiger partial charge >= 0.3 is 0 Å². The van der Waals surface area contributed by atoms with Gasteiger partial charge in [-0.25, -0.2) is 4.98 Å². The molecule has 200 valence electrons. The zero-order valence-electron chi connectivity index (χ0n) is 21.7. The van der Waals surface area contributed by atoms with E-state index in [9.17, 15) is 14.4 Å². The van der Waals surface area contributed by atoms with Crippen LogP contribution in [0.15, 0.2) is 47.3 Å². The lowest BCUT2D eigenvalue weighted by atomic mass is 10.1. The normalized spacial score (nSPS) is 19.1. The highest BCUT2D eigenvalue weighted by molar-refractivity contribution is 5.99. The zero-order chi connectivity index (χ0) is 26.6. The van der Waals surface area contributed by atoms with E-state index < -0.39 is 11.9 Å². The number of nitrogens with one attached hydrogen (secondary N) is 2. The van der Waals surface area contributed by atoms with Gasteiger partial charge in [0.05, 0.1) is 17.5 Å². The molecule has 0 spiro atoms. The quantitative estimate of drug-likeness (QED) is 0.383. The van der Waals surface area contributed by atoms with Crippen LogP contribution in [0.25, 0.3) is 10.9 Å². The van der Waals surface area contributed by atoms with Gasteiger partial charge in [-0.2, -0.15) is 0 Å². The van der Waals surface area contributed by atoms with Crippen LogP contribution in [0.4, 0.5) is 5.69 Å². The number of imide groups is 1. The second kappa shape index (κ2) is 11.4. The summed E-state index contributed by atoms with van der Waals surface area (Å²) in [6.45, 7) is 8.04. The number of aromatic nitrogens is 2. The zero-order valence-corrected chi connectivity index (χ0v) is 21.7. The molecule has 2 fully saturated rings. The number of hydrogen-bond donors (Lipinski definition) is 3. The van der Waals surface area contributed by atoms with E-state index in [1.807, 2.05) is 12.1 Å². The average molecular weight is 519 g/mol. The van der Waals surface area contributed by atoms with Gasteiger partial charge in [0, 0.05) is 57.9 Å². The molecule has 3 heterocycles. The van der Waals surface area contributed by atoms with Crippen LogP contribution < -0.4 is 16.2 Å². The van der Waals surface area contributed by atoms with Gasteiger partial charge in [-0.1, -0.05) is 30.3 Å². The topological polar surface area (TPSA) is 120 Å². The highest BCUT2D eigenvalue weighted by Crippen LogP contribution is 2.24. The second-order valence-electron chi connectivity index (χ2n) is 10.0. The number of piperazine rings is 1. The smallest absolute Gasteiger partial charge is 0.264 e. The van der Waals surface area contributed by atoms with Crippen LogP contribution in [0.1, 0.15) is 35.8 Å². The molecule has 10 nitrogen and oxygen atoms in total. The van der Waals surface area contributed by atoms with Crippen LogP contribution in [0.3, 0.4) is 0 Å². The molecule has 0 aliphatic carbocycles. The summed E-state index contributed by atoms with van der Waals surface area (Å²) in [5, 5.41) is 15.3. The molecule has 0 radical (unpaired) electrons. The average Bonchev–Trinajstić information content (AvgIpc) is 2.90. The van der Waals surface area contributed by atoms with Crippen molar-refractivity contribution in [3.8, 4) is 0 Å². The van der Waals surface area contributed by atoms with Crippen molar-refractivity contribution in [2.24, 2.45) is 0 Å². The van der Waals surface area contributed by atoms with Crippen molar-refractivity contribution in [3.63, 3.8) is 0 Å². The second-order valence-corrected chi connectivity index (χ2v) is 10.0. The molecule has 2 aromatic carbocycles. The Labute approximate surface area is 221 Å². The molecular weight excluding hydrogens is 484 g/mol. The molecule has 38 heavy (non-hydrogen) atoms. The Kier molecular flexibility index (Phi) is 7.82. The number of nitrogens with zero attached hydrogens (tertiary/aromatic N) is 4. The fourth-order valence-corrected chi connectivity index (χ4v) is 5.33. The van der Waals surface area contributed by atoms with E-state index in [2.05, 4.69) is 49.7 Å². The number of hydrogen-bond acceptors (Lipinski definition) is 8. The van der Waals surface area contributed by atoms with E-state index in [1.54, 1.807) is 13.0 Å². The number of piperidine rings is 1. The first-order valence-electron chi connectivity index (χ1n) is 13.2. The summed E-state index contributed by atoms with van der Waals surface area (Å²) >= 11 is 0. The highest BCUT2D eigenvalue weighted by Gasteiger charge is 2.30. The summed E-state index contributed by atoms with van der Waals surface area (Å²) in [7, 11) is 0. The minimum absolute atomic E-state index is 0.191. The summed E-state index contributed by atoms with van der Waals surface area (Å²) in [6, 6.07) is 13.2. The summed E-state index contributed by atoms with van der Waals surface area (Å²) in [4.78, 5) is 47.0. The number of rotatable bonds is 8. The predicted octanol–water partition coefficient (Wildman–Crippen LogP) is 1.40. The third kappa shape index (κ3) is 5.62. The fourth-order valence-electron chi connectivity index (χ4n) is 5.33. The lowest BCUT2D eigenvalue weighted by Crippen LogP contribution is -2.46. The van der Waals surface area contributed by atoms with Crippen LogP contribution in [0.5, 0.6) is 0 Å². The Morgan fingerprint density at radius 2 is 1.71 bits per heavy atom. The van der Waals surface area contributed by atoms with Crippen LogP contribution in [0, 0.1) is 6.92 Å². The number of carbonyl (C=O) groups excluding carboxylic acids is 2. The molecule has 2 amide bonds. The molecule has 10 heteroatoms. The summed E-state index contributed by atoms with van der Waals surface area (Å²) < 4.78 is 1.41. The Morgan fingerprint density at radius 1 is 1.00 bits per heavy atom. The maximum atomic E-state index is 13.6. The van der Waals surface area contributed by atoms with Crippen LogP contribution in [0.2, 0.25) is 0 Å². The molecule has 1 unspecified atom stereocenters. The molecule has 2 aliphatic heterocycles. The van der Waals surface area contributed by atoms with E-state index in [4.69, 9.17) is 5.11 Å². The number of β-amino-alcohol motifs (C(OH)–C–C–N with tert-alkyl or cyclic N) is 1. The van der Waals surface area contributed by atoms with Crippen molar-refractivity contribution in [2.45, 2.75) is 38.9 Å². The number of carbonyl (C=O) groups is 2. The predicted molar refractivity (Wildman–Crippen MR) is 145 cm³/mol. The van der Waals surface area contributed by atoms with Crippen LogP contribution >= 0.6 is 0 Å². The van der Waals surface area contributed by atoms with Crippen molar-refractivity contribution < 1.29 is 14.7 Å². The largest absolute Gasteiger partial charge is 0.395 e. The van der Waals surface area contributed by atoms with Gasteiger partial charge in [-0.05, 0) is 36.6 Å². The molecule has 1 aromatic heterocycles. The number of aryl methyl sites for hydroxylation is 1. The molecule has 3 aromatic rings. The van der Waals surface area contributed by atoms with Crippen molar-refractivity contribution in [3.05, 3.63) is 69.8 Å². The van der Waals surface area contributed by atoms with Gasteiger partial charge in [0.2, 0.25) is 11.8 Å². The molecule has 2 aliphatic rings. The molecule has 2 saturated heterocycles. The number of amides is 2. The fraction of sp³-hybridized carbons (Fsp3) is 0.429. The van der Waals surface area contributed by atoms with Gasteiger partial charge in [0.25, 0.3) is 5.56 Å². The van der Waals surface area contributed by atoms with E-state index in [-0.39, 0.29) is 30.9 Å². The minimum Gasteiger partial charge on any atom is -0.395 e. The number of benzene rings is 2. The SMILES string of the molecule is Cc1nc2cccc(NCc3ccc(CN4CCN(CCO)CC4)cc3)c2c(=O)n1C1CCC(=O)NC1=O. The number of fused-ring (bicyclic) bond motifs is 1. The third-order valence-electron chi connectivity index (χ3n) is 7.42. The summed E-state index contributed by atoms with van der Waals surface area (Å²) in [6.07, 6.45) is 0.467. The Hall–Kier alpha value is -3.60. The molecule has 0 saturated carbocycles. The van der Waals surface area contributed by atoms with Crippen molar-refractivity contribution in [1.82, 2.24) is 24.7 Å². The number of aliphatic hydroxyl groups excluding tert-OH is 1. The Bertz CT molecular complexity index is 1380. The Morgan fingerprint density at radius 3 is 2.42 bits per heavy atom. The number of anilines is 1. The molecule has 0 bridgehead atoms. The first kappa shape index (κ1) is 26.0. The lowest BCUT2D eigenvalue weighted by Gasteiger charge is -2.34. The van der Waals surface area contributed by atoms with Crippen molar-refractivity contribution in [1.29, 1.82) is 0 Å². The molecule has 5 rings (SSSR count). The molecule has 1 atom stereocenters. The maximum Gasteiger partial charge on any atom is 0.264 e. The minimum atomic E-state index is -0.754. The maximum absolute atomic E-state index is 13.6. The van der Waals surface area contributed by atoms with Gasteiger partial charge in [-0.3, -0.25) is 34.1 Å². The van der Waals surface area contributed by atoms with Gasteiger partial charge in [0.1, 0.15) is 11.9 Å². The first-order chi connectivity index (χ1) is 18.4. The van der Waals surface area contributed by atoms with Crippen molar-refractivity contribution >= 4 is 28.4 Å². The third-order valence-corrected chi connectivity index (χ3v) is 7.42. The standard InChI is InChI=1S/C28H34N6O4/c1-19-30-23-4-2-3-22(26(23)28(38)34(19)24-9-10-25(36)31-27(24)37)29-17-20-5-7-21(8-6-20)18-33-13-11-32(12-14-33)15-16-35/h2-8,24,29,35H,9-18H2,1H3,(H,31,36,37). The first-order valence-corrected chi connectivity index (χ1v) is 13.2. The van der Waals surface area contributed by atoms with Gasteiger partial charge < -0.3 is 10.4 Å². The monoisotopic (exact) mass is 518 g/mol. The van der Waals surface area contributed by atoms with Crippen LogP contribution in [-0.2, 0) is 22.7 Å². The summed E-state index contributed by atoms with van der Waals surface area (Å²) in [5.41, 5.74) is 3.27. The van der Waals surface area contributed by atoms with E-state index in [0.717, 1.165) is 44.8 Å². The van der Waals surface area contributed by atoms with E-state index >= 15 is 0 Å². The lowest BCUT2D eigenvalue weighted by molar-refractivity contribution is -0.135. The van der Waals surface area contributed by atoms with Crippen molar-refractivity contribution in [2.75, 3.05) is 44.6 Å². The molecular formula is C28H34N6O4. The molecule has 3 N–H and O–H groups in total. The van der Waals surface area contributed by atoms with Gasteiger partial charge in [-0.15, -0.1) is 0 Å². The van der Waals surface area contributed by atoms with Crippen LogP contribution in [-0.4, -0.2) is 75.6 Å². The Balaban J connectivity index is 1.28.